The van der Waals surface area contributed by atoms with E-state index in [9.17, 15) is 9.59 Å². The van der Waals surface area contributed by atoms with Crippen LogP contribution in [-0.4, -0.2) is 41.4 Å². The van der Waals surface area contributed by atoms with Crippen LogP contribution in [-0.2, 0) is 9.59 Å². The molecule has 4 heteroatoms. The van der Waals surface area contributed by atoms with E-state index in [1.807, 2.05) is 0 Å². The number of rotatable bonds is 2. The van der Waals surface area contributed by atoms with Crippen molar-refractivity contribution in [3.63, 3.8) is 0 Å². The highest BCUT2D eigenvalue weighted by Gasteiger charge is 2.24. The molecule has 0 N–H and O–H groups in total. The van der Waals surface area contributed by atoms with Crippen LogP contribution in [0.5, 0.6) is 0 Å². The first-order valence-corrected chi connectivity index (χ1v) is 4.57. The average molecular weight is 206 g/mol. The molecule has 0 radical (unpaired) electrons. The number of carbonyl (C=O) groups is 2. The minimum absolute atomic E-state index is 0.197. The van der Waals surface area contributed by atoms with Crippen LogP contribution in [0.1, 0.15) is 0 Å². The van der Waals surface area contributed by atoms with Gasteiger partial charge in [-0.25, -0.2) is 0 Å². The monoisotopic (exact) mass is 206 g/mol. The molecule has 0 aliphatic carbocycles. The van der Waals surface area contributed by atoms with E-state index in [4.69, 9.17) is 0 Å². The second kappa shape index (κ2) is 4.59. The van der Waals surface area contributed by atoms with Gasteiger partial charge in [-0.3, -0.25) is 9.59 Å². The van der Waals surface area contributed by atoms with Crippen molar-refractivity contribution in [1.29, 1.82) is 0 Å². The maximum Gasteiger partial charge on any atom is 0.247 e. The molecule has 15 heavy (non-hydrogen) atoms. The van der Waals surface area contributed by atoms with Gasteiger partial charge in [0.15, 0.2) is 0 Å². The third-order valence-electron chi connectivity index (χ3n) is 2.14. The summed E-state index contributed by atoms with van der Waals surface area (Å²) in [5.74, 6) is -0.393. The summed E-state index contributed by atoms with van der Waals surface area (Å²) in [6.07, 6.45) is 2.46. The second-order valence-corrected chi connectivity index (χ2v) is 3.37. The zero-order chi connectivity index (χ0) is 11.4. The van der Waals surface area contributed by atoms with Crippen LogP contribution in [0.25, 0.3) is 0 Å². The lowest BCUT2D eigenvalue weighted by molar-refractivity contribution is -0.135. The molecule has 4 nitrogen and oxygen atoms in total. The van der Waals surface area contributed by atoms with Gasteiger partial charge in [0, 0.05) is 13.1 Å². The average Bonchev–Trinajstić information content (AvgIpc) is 2.26. The van der Waals surface area contributed by atoms with E-state index in [0.717, 1.165) is 5.57 Å². The van der Waals surface area contributed by atoms with E-state index in [-0.39, 0.29) is 18.5 Å². The molecule has 0 aromatic rings. The number of amides is 2. The van der Waals surface area contributed by atoms with Crippen LogP contribution in [0.2, 0.25) is 0 Å². The predicted molar refractivity (Wildman–Crippen MR) is 57.8 cm³/mol. The van der Waals surface area contributed by atoms with Gasteiger partial charge in [0.2, 0.25) is 11.8 Å². The van der Waals surface area contributed by atoms with Crippen molar-refractivity contribution in [2.45, 2.75) is 0 Å². The Morgan fingerprint density at radius 2 is 1.47 bits per heavy atom. The van der Waals surface area contributed by atoms with Crippen molar-refractivity contribution < 1.29 is 9.59 Å². The molecule has 0 atom stereocenters. The Labute approximate surface area is 89.2 Å². The Morgan fingerprint density at radius 1 is 1.07 bits per heavy atom. The number of hydrogen-bond donors (Lipinski definition) is 0. The van der Waals surface area contributed by atoms with E-state index in [2.05, 4.69) is 19.7 Å². The molecule has 0 unspecified atom stereocenters. The topological polar surface area (TPSA) is 40.6 Å². The Balaban J connectivity index is 2.75. The molecule has 0 spiro atoms. The molecule has 1 aliphatic rings. The van der Waals surface area contributed by atoms with E-state index in [0.29, 0.717) is 13.1 Å². The summed E-state index contributed by atoms with van der Waals surface area (Å²) in [5, 5.41) is 0. The highest BCUT2D eigenvalue weighted by atomic mass is 16.2. The third kappa shape index (κ3) is 2.56. The summed E-state index contributed by atoms with van der Waals surface area (Å²) in [6, 6.07) is 0. The minimum Gasteiger partial charge on any atom is -0.317 e. The summed E-state index contributed by atoms with van der Waals surface area (Å²) < 4.78 is 0. The van der Waals surface area contributed by atoms with E-state index in [1.165, 1.54) is 22.0 Å². The number of nitrogens with zero attached hydrogens (tertiary/aromatic N) is 2. The smallest absolute Gasteiger partial charge is 0.247 e. The molecule has 1 rings (SSSR count). The lowest BCUT2D eigenvalue weighted by atomic mass is 10.2. The second-order valence-electron chi connectivity index (χ2n) is 3.37. The van der Waals surface area contributed by atoms with Crippen molar-refractivity contribution in [3.05, 3.63) is 37.5 Å². The molecule has 0 saturated carbocycles. The van der Waals surface area contributed by atoms with Crippen LogP contribution < -0.4 is 0 Å². The van der Waals surface area contributed by atoms with Gasteiger partial charge in [-0.1, -0.05) is 19.7 Å². The molecular weight excluding hydrogens is 192 g/mol. The summed E-state index contributed by atoms with van der Waals surface area (Å²) in [4.78, 5) is 25.8. The zero-order valence-electron chi connectivity index (χ0n) is 8.61. The molecular formula is C11H14N2O2. The SMILES string of the molecule is C=CC(=O)N1CC(=C)CN(C(=O)C=C)C1. The minimum atomic E-state index is -0.197. The first-order valence-electron chi connectivity index (χ1n) is 4.57. The first-order chi connectivity index (χ1) is 7.08. The zero-order valence-corrected chi connectivity index (χ0v) is 8.61. The Hall–Kier alpha value is -1.84. The van der Waals surface area contributed by atoms with Gasteiger partial charge in [0.1, 0.15) is 0 Å². The maximum atomic E-state index is 11.4. The van der Waals surface area contributed by atoms with E-state index < -0.39 is 0 Å². The van der Waals surface area contributed by atoms with Crippen molar-refractivity contribution in [3.8, 4) is 0 Å². The normalized spacial score (nSPS) is 16.1. The Bertz CT molecular complexity index is 303. The van der Waals surface area contributed by atoms with Gasteiger partial charge in [-0.05, 0) is 17.7 Å². The summed E-state index contributed by atoms with van der Waals surface area (Å²) in [5.41, 5.74) is 0.826. The highest BCUT2D eigenvalue weighted by molar-refractivity contribution is 5.90. The summed E-state index contributed by atoms with van der Waals surface area (Å²) in [6.45, 7) is 11.8. The Kier molecular flexibility index (Phi) is 3.44. The number of hydrogen-bond acceptors (Lipinski definition) is 2. The Morgan fingerprint density at radius 3 is 1.80 bits per heavy atom. The van der Waals surface area contributed by atoms with E-state index in [1.54, 1.807) is 0 Å². The van der Waals surface area contributed by atoms with Crippen LogP contribution in [0.15, 0.2) is 37.5 Å². The fourth-order valence-corrected chi connectivity index (χ4v) is 1.45. The van der Waals surface area contributed by atoms with Gasteiger partial charge >= 0.3 is 0 Å². The molecule has 1 saturated heterocycles. The van der Waals surface area contributed by atoms with Gasteiger partial charge in [-0.15, -0.1) is 0 Å². The van der Waals surface area contributed by atoms with Crippen LogP contribution in [0, 0.1) is 0 Å². The fraction of sp³-hybridized carbons (Fsp3) is 0.273. The quantitative estimate of drug-likeness (QED) is 0.489. The van der Waals surface area contributed by atoms with E-state index >= 15 is 0 Å². The van der Waals surface area contributed by atoms with Crippen molar-refractivity contribution in [2.24, 2.45) is 0 Å². The lowest BCUT2D eigenvalue weighted by Crippen LogP contribution is -2.49. The maximum absolute atomic E-state index is 11.4. The fourth-order valence-electron chi connectivity index (χ4n) is 1.45. The standard InChI is InChI=1S/C11H14N2O2/c1-4-10(14)12-6-9(3)7-13(8-12)11(15)5-2/h4-5H,1-3,6-8H2. The highest BCUT2D eigenvalue weighted by Crippen LogP contribution is 2.10. The molecule has 1 fully saturated rings. The van der Waals surface area contributed by atoms with Crippen LogP contribution >= 0.6 is 0 Å². The molecule has 0 aromatic carbocycles. The van der Waals surface area contributed by atoms with Crippen LogP contribution in [0.3, 0.4) is 0 Å². The molecule has 1 heterocycles. The van der Waals surface area contributed by atoms with Gasteiger partial charge in [0.05, 0.1) is 6.67 Å². The molecule has 2 amide bonds. The van der Waals surface area contributed by atoms with Gasteiger partial charge in [0.25, 0.3) is 0 Å². The molecule has 0 aromatic heterocycles. The van der Waals surface area contributed by atoms with Crippen molar-refractivity contribution in [1.82, 2.24) is 9.80 Å². The largest absolute Gasteiger partial charge is 0.317 e. The lowest BCUT2D eigenvalue weighted by Gasteiger charge is -2.35. The molecule has 1 aliphatic heterocycles. The molecule has 80 valence electrons. The first kappa shape index (κ1) is 11.2. The third-order valence-corrected chi connectivity index (χ3v) is 2.14. The number of carbonyl (C=O) groups excluding carboxylic acids is 2. The molecule has 0 bridgehead atoms. The summed E-state index contributed by atoms with van der Waals surface area (Å²) >= 11 is 0. The van der Waals surface area contributed by atoms with Crippen molar-refractivity contribution in [2.75, 3.05) is 19.8 Å². The van der Waals surface area contributed by atoms with Gasteiger partial charge < -0.3 is 9.80 Å². The van der Waals surface area contributed by atoms with Crippen molar-refractivity contribution >= 4 is 11.8 Å². The predicted octanol–water partition coefficient (Wildman–Crippen LogP) is 0.543. The van der Waals surface area contributed by atoms with Gasteiger partial charge in [-0.2, -0.15) is 0 Å². The summed E-state index contributed by atoms with van der Waals surface area (Å²) in [7, 11) is 0. The van der Waals surface area contributed by atoms with Crippen LogP contribution in [0.4, 0.5) is 0 Å².